The number of amides is 2. The summed E-state index contributed by atoms with van der Waals surface area (Å²) >= 11 is 0. The van der Waals surface area contributed by atoms with E-state index in [1.165, 1.54) is 0 Å². The summed E-state index contributed by atoms with van der Waals surface area (Å²) < 4.78 is 5.25. The molecule has 0 spiro atoms. The van der Waals surface area contributed by atoms with Crippen molar-refractivity contribution in [3.8, 4) is 0 Å². The maximum absolute atomic E-state index is 12.3. The SMILES string of the molecule is O=C(CN1CCOCC1)NNC(=O)C1CCN(C2=CCCC=N2)CC1. The summed E-state index contributed by atoms with van der Waals surface area (Å²) in [6.45, 7) is 4.73. The average molecular weight is 349 g/mol. The number of hydrogen-bond donors (Lipinski definition) is 2. The molecular formula is C17H27N5O3. The molecule has 2 N–H and O–H groups in total. The van der Waals surface area contributed by atoms with E-state index in [0.717, 1.165) is 57.7 Å². The van der Waals surface area contributed by atoms with Gasteiger partial charge in [0.15, 0.2) is 0 Å². The van der Waals surface area contributed by atoms with E-state index in [2.05, 4.69) is 26.8 Å². The number of ether oxygens (including phenoxy) is 1. The Hall–Kier alpha value is -1.93. The molecule has 0 radical (unpaired) electrons. The van der Waals surface area contributed by atoms with Gasteiger partial charge < -0.3 is 9.64 Å². The fourth-order valence-corrected chi connectivity index (χ4v) is 3.31. The lowest BCUT2D eigenvalue weighted by Crippen LogP contribution is -2.51. The van der Waals surface area contributed by atoms with E-state index < -0.39 is 0 Å². The molecule has 0 aromatic rings. The molecule has 0 aromatic heterocycles. The fraction of sp³-hybridized carbons (Fsp3) is 0.706. The number of allylic oxidation sites excluding steroid dienone is 1. The summed E-state index contributed by atoms with van der Waals surface area (Å²) in [5.74, 6) is 0.683. The van der Waals surface area contributed by atoms with Crippen LogP contribution in [0.5, 0.6) is 0 Å². The maximum Gasteiger partial charge on any atom is 0.252 e. The topological polar surface area (TPSA) is 86.3 Å². The third kappa shape index (κ3) is 5.27. The molecular weight excluding hydrogens is 322 g/mol. The van der Waals surface area contributed by atoms with Crippen molar-refractivity contribution in [3.63, 3.8) is 0 Å². The monoisotopic (exact) mass is 349 g/mol. The zero-order chi connectivity index (χ0) is 17.5. The lowest BCUT2D eigenvalue weighted by molar-refractivity contribution is -0.133. The van der Waals surface area contributed by atoms with Gasteiger partial charge in [-0.25, -0.2) is 4.99 Å². The molecule has 0 unspecified atom stereocenters. The maximum atomic E-state index is 12.3. The first-order valence-electron chi connectivity index (χ1n) is 9.09. The van der Waals surface area contributed by atoms with Crippen LogP contribution in [-0.2, 0) is 14.3 Å². The Balaban J connectivity index is 1.35. The van der Waals surface area contributed by atoms with Crippen LogP contribution in [0.2, 0.25) is 0 Å². The molecule has 3 aliphatic rings. The number of likely N-dealkylation sites (tertiary alicyclic amines) is 1. The first-order valence-corrected chi connectivity index (χ1v) is 9.09. The van der Waals surface area contributed by atoms with E-state index in [9.17, 15) is 9.59 Å². The summed E-state index contributed by atoms with van der Waals surface area (Å²) in [5.41, 5.74) is 5.11. The van der Waals surface area contributed by atoms with Crippen molar-refractivity contribution in [2.75, 3.05) is 45.9 Å². The van der Waals surface area contributed by atoms with Gasteiger partial charge in [-0.1, -0.05) is 0 Å². The molecule has 2 amide bonds. The van der Waals surface area contributed by atoms with Gasteiger partial charge in [-0.15, -0.1) is 0 Å². The number of hydrazine groups is 1. The van der Waals surface area contributed by atoms with Gasteiger partial charge in [0.2, 0.25) is 5.91 Å². The molecule has 3 rings (SSSR count). The minimum atomic E-state index is -0.186. The summed E-state index contributed by atoms with van der Waals surface area (Å²) in [4.78, 5) is 32.8. The molecule has 8 heteroatoms. The Bertz CT molecular complexity index is 534. The molecule has 0 saturated carbocycles. The zero-order valence-electron chi connectivity index (χ0n) is 14.6. The predicted octanol–water partition coefficient (Wildman–Crippen LogP) is -0.116. The number of hydrogen-bond acceptors (Lipinski definition) is 6. The van der Waals surface area contributed by atoms with Gasteiger partial charge in [0.1, 0.15) is 5.82 Å². The highest BCUT2D eigenvalue weighted by atomic mass is 16.5. The first kappa shape index (κ1) is 17.9. The quantitative estimate of drug-likeness (QED) is 0.692. The lowest BCUT2D eigenvalue weighted by Gasteiger charge is -2.33. The highest BCUT2D eigenvalue weighted by Crippen LogP contribution is 2.22. The highest BCUT2D eigenvalue weighted by Gasteiger charge is 2.26. The molecule has 0 aromatic carbocycles. The second-order valence-electron chi connectivity index (χ2n) is 6.64. The van der Waals surface area contributed by atoms with Crippen LogP contribution in [0.1, 0.15) is 25.7 Å². The largest absolute Gasteiger partial charge is 0.379 e. The van der Waals surface area contributed by atoms with Crippen LogP contribution in [0, 0.1) is 5.92 Å². The number of carbonyl (C=O) groups excluding carboxylic acids is 2. The standard InChI is InChI=1S/C17H27N5O3/c23-16(13-21-9-11-25-12-10-21)19-20-17(24)14-4-7-22(8-5-14)15-3-1-2-6-18-15/h3,6,14H,1-2,4-5,7-13H2,(H,19,23)(H,20,24). The summed E-state index contributed by atoms with van der Waals surface area (Å²) in [7, 11) is 0. The first-order chi connectivity index (χ1) is 12.2. The number of aliphatic imine (C=N–C) groups is 1. The van der Waals surface area contributed by atoms with E-state index in [1.54, 1.807) is 0 Å². The van der Waals surface area contributed by atoms with Crippen LogP contribution in [0.15, 0.2) is 16.9 Å². The van der Waals surface area contributed by atoms with Gasteiger partial charge in [0, 0.05) is 38.3 Å². The van der Waals surface area contributed by atoms with E-state index >= 15 is 0 Å². The average Bonchev–Trinajstić information content (AvgIpc) is 2.68. The Morgan fingerprint density at radius 2 is 1.88 bits per heavy atom. The van der Waals surface area contributed by atoms with Gasteiger partial charge in [0.25, 0.3) is 5.91 Å². The number of carbonyl (C=O) groups is 2. The minimum absolute atomic E-state index is 0.0619. The van der Waals surface area contributed by atoms with Crippen LogP contribution in [0.4, 0.5) is 0 Å². The number of nitrogens with zero attached hydrogens (tertiary/aromatic N) is 3. The molecule has 138 valence electrons. The van der Waals surface area contributed by atoms with Crippen molar-refractivity contribution in [3.05, 3.63) is 11.9 Å². The van der Waals surface area contributed by atoms with Crippen LogP contribution in [-0.4, -0.2) is 73.8 Å². The summed E-state index contributed by atoms with van der Waals surface area (Å²) in [6, 6.07) is 0. The van der Waals surface area contributed by atoms with Crippen LogP contribution >= 0.6 is 0 Å². The highest BCUT2D eigenvalue weighted by molar-refractivity contribution is 5.84. The predicted molar refractivity (Wildman–Crippen MR) is 93.7 cm³/mol. The van der Waals surface area contributed by atoms with E-state index in [1.807, 2.05) is 11.1 Å². The zero-order valence-corrected chi connectivity index (χ0v) is 14.6. The van der Waals surface area contributed by atoms with Gasteiger partial charge >= 0.3 is 0 Å². The van der Waals surface area contributed by atoms with Gasteiger partial charge in [-0.2, -0.15) is 0 Å². The number of morpholine rings is 1. The Morgan fingerprint density at radius 3 is 2.56 bits per heavy atom. The van der Waals surface area contributed by atoms with Crippen molar-refractivity contribution in [1.82, 2.24) is 20.7 Å². The summed E-state index contributed by atoms with van der Waals surface area (Å²) in [5, 5.41) is 0. The Kier molecular flexibility index (Phi) is 6.41. The molecule has 3 aliphatic heterocycles. The molecule has 0 aliphatic carbocycles. The van der Waals surface area contributed by atoms with Gasteiger partial charge in [0.05, 0.1) is 19.8 Å². The van der Waals surface area contributed by atoms with E-state index in [-0.39, 0.29) is 24.3 Å². The van der Waals surface area contributed by atoms with E-state index in [4.69, 9.17) is 4.74 Å². The minimum Gasteiger partial charge on any atom is -0.379 e. The molecule has 3 heterocycles. The fourth-order valence-electron chi connectivity index (χ4n) is 3.31. The van der Waals surface area contributed by atoms with Gasteiger partial charge in [-0.05, 0) is 31.8 Å². The lowest BCUT2D eigenvalue weighted by atomic mass is 9.96. The Morgan fingerprint density at radius 1 is 1.12 bits per heavy atom. The second kappa shape index (κ2) is 8.96. The third-order valence-electron chi connectivity index (χ3n) is 4.83. The number of rotatable bonds is 4. The number of piperidine rings is 1. The third-order valence-corrected chi connectivity index (χ3v) is 4.83. The smallest absolute Gasteiger partial charge is 0.252 e. The molecule has 0 bridgehead atoms. The molecule has 8 nitrogen and oxygen atoms in total. The van der Waals surface area contributed by atoms with Crippen LogP contribution < -0.4 is 10.9 Å². The van der Waals surface area contributed by atoms with Crippen molar-refractivity contribution >= 4 is 18.0 Å². The van der Waals surface area contributed by atoms with Gasteiger partial charge in [-0.3, -0.25) is 25.3 Å². The number of nitrogens with one attached hydrogen (secondary N) is 2. The van der Waals surface area contributed by atoms with Crippen molar-refractivity contribution in [2.45, 2.75) is 25.7 Å². The van der Waals surface area contributed by atoms with E-state index in [0.29, 0.717) is 13.2 Å². The summed E-state index contributed by atoms with van der Waals surface area (Å²) in [6.07, 6.45) is 7.71. The second-order valence-corrected chi connectivity index (χ2v) is 6.64. The van der Waals surface area contributed by atoms with Crippen LogP contribution in [0.3, 0.4) is 0 Å². The Labute approximate surface area is 148 Å². The van der Waals surface area contributed by atoms with Crippen molar-refractivity contribution in [2.24, 2.45) is 10.9 Å². The molecule has 2 fully saturated rings. The van der Waals surface area contributed by atoms with Crippen LogP contribution in [0.25, 0.3) is 0 Å². The molecule has 2 saturated heterocycles. The molecule has 25 heavy (non-hydrogen) atoms. The normalized spacial score (nSPS) is 22.4. The van der Waals surface area contributed by atoms with Crippen molar-refractivity contribution in [1.29, 1.82) is 0 Å². The molecule has 0 atom stereocenters. The van der Waals surface area contributed by atoms with Crippen molar-refractivity contribution < 1.29 is 14.3 Å².